The van der Waals surface area contributed by atoms with Gasteiger partial charge in [-0.15, -0.1) is 0 Å². The van der Waals surface area contributed by atoms with Crippen LogP contribution in [0.5, 0.6) is 0 Å². The summed E-state index contributed by atoms with van der Waals surface area (Å²) in [5.74, 6) is -15.9. The zero-order valence-corrected chi connectivity index (χ0v) is 12.7. The van der Waals surface area contributed by atoms with E-state index in [1.165, 1.54) is 0 Å². The van der Waals surface area contributed by atoms with Crippen molar-refractivity contribution in [1.82, 2.24) is 9.55 Å². The number of rotatable bonds is 2. The lowest BCUT2D eigenvalue weighted by Crippen LogP contribution is -2.22. The Bertz CT molecular complexity index is 1210. The summed E-state index contributed by atoms with van der Waals surface area (Å²) < 4.78 is 83.0. The Kier molecular flexibility index (Phi) is 4.05. The molecular weight excluding hydrogens is 384 g/mol. The van der Waals surface area contributed by atoms with Gasteiger partial charge in [-0.05, 0) is 0 Å². The van der Waals surface area contributed by atoms with Crippen LogP contribution in [0.4, 0.5) is 32.2 Å². The minimum Gasteiger partial charge on any atom is -0.477 e. The molecule has 0 spiro atoms. The second-order valence-corrected chi connectivity index (χ2v) is 5.19. The van der Waals surface area contributed by atoms with E-state index >= 15 is 0 Å². The van der Waals surface area contributed by atoms with Crippen LogP contribution < -0.4 is 11.2 Å². The first kappa shape index (κ1) is 18.2. The number of hydrogen-bond acceptors (Lipinski definition) is 4. The lowest BCUT2D eigenvalue weighted by Gasteiger charge is -2.14. The Morgan fingerprint density at radius 3 is 2.19 bits per heavy atom. The highest BCUT2D eigenvalue weighted by atomic mass is 19.2. The molecule has 0 aliphatic carbocycles. The maximum Gasteiger partial charge on any atom is 0.341 e. The average molecular weight is 389 g/mol. The predicted octanol–water partition coefficient (Wildman–Crippen LogP) is 2.50. The number of aromatic nitrogens is 2. The minimum absolute atomic E-state index is 0.131. The zero-order valence-electron chi connectivity index (χ0n) is 12.7. The summed E-state index contributed by atoms with van der Waals surface area (Å²) in [4.78, 5) is 26.6. The highest BCUT2D eigenvalue weighted by Crippen LogP contribution is 2.28. The fourth-order valence-corrected chi connectivity index (χ4v) is 2.40. The number of carboxylic acids is 1. The van der Waals surface area contributed by atoms with Crippen LogP contribution >= 0.6 is 0 Å². The molecule has 0 aliphatic heterocycles. The molecule has 0 amide bonds. The lowest BCUT2D eigenvalue weighted by atomic mass is 10.1. The minimum atomic E-state index is -2.38. The quantitative estimate of drug-likeness (QED) is 0.399. The molecule has 2 heterocycles. The number of nitrogen functional groups attached to an aromatic ring is 1. The molecule has 0 saturated carbocycles. The molecule has 0 unspecified atom stereocenters. The number of nitrogens with two attached hydrogens (primary N) is 1. The van der Waals surface area contributed by atoms with E-state index in [4.69, 9.17) is 10.8 Å². The molecule has 1 aromatic carbocycles. The highest BCUT2D eigenvalue weighted by Gasteiger charge is 2.29. The summed E-state index contributed by atoms with van der Waals surface area (Å²) >= 11 is 0. The highest BCUT2D eigenvalue weighted by molar-refractivity contribution is 5.93. The number of carboxylic acid groups (broad SMARTS) is 1. The molecule has 140 valence electrons. The summed E-state index contributed by atoms with van der Waals surface area (Å²) in [7, 11) is 0. The van der Waals surface area contributed by atoms with Gasteiger partial charge in [0, 0.05) is 12.3 Å². The van der Waals surface area contributed by atoms with Crippen LogP contribution in [0.2, 0.25) is 0 Å². The van der Waals surface area contributed by atoms with Crippen molar-refractivity contribution in [1.29, 1.82) is 0 Å². The SMILES string of the molecule is Nc1nc(-n2cc(C(=O)O)c(=O)c3c(F)c(F)c(F)c(F)c32)c(F)cc1F. The smallest absolute Gasteiger partial charge is 0.341 e. The third-order valence-corrected chi connectivity index (χ3v) is 3.61. The first-order chi connectivity index (χ1) is 12.6. The number of benzene rings is 1. The number of nitrogens with zero attached hydrogens (tertiary/aromatic N) is 2. The fraction of sp³-hybridized carbons (Fsp3) is 0. The first-order valence-electron chi connectivity index (χ1n) is 6.82. The van der Waals surface area contributed by atoms with Crippen LogP contribution in [-0.4, -0.2) is 20.6 Å². The molecule has 0 fully saturated rings. The molecule has 0 saturated heterocycles. The Hall–Kier alpha value is -3.57. The van der Waals surface area contributed by atoms with Gasteiger partial charge in [-0.25, -0.2) is 36.1 Å². The number of pyridine rings is 2. The number of anilines is 1. The molecule has 0 bridgehead atoms. The summed E-state index contributed by atoms with van der Waals surface area (Å²) in [5.41, 5.74) is 0.891. The van der Waals surface area contributed by atoms with E-state index < -0.39 is 74.4 Å². The summed E-state index contributed by atoms with van der Waals surface area (Å²) in [6, 6.07) is 0.191. The Morgan fingerprint density at radius 1 is 1.00 bits per heavy atom. The average Bonchev–Trinajstić information content (AvgIpc) is 2.60. The maximum absolute atomic E-state index is 14.3. The lowest BCUT2D eigenvalue weighted by molar-refractivity contribution is 0.0695. The van der Waals surface area contributed by atoms with Crippen molar-refractivity contribution in [2.75, 3.05) is 5.73 Å². The second-order valence-electron chi connectivity index (χ2n) is 5.19. The van der Waals surface area contributed by atoms with Gasteiger partial charge in [-0.2, -0.15) is 0 Å². The summed E-state index contributed by atoms with van der Waals surface area (Å²) in [6.45, 7) is 0. The molecule has 3 N–H and O–H groups in total. The number of halogens is 6. The van der Waals surface area contributed by atoms with Gasteiger partial charge in [0.25, 0.3) is 0 Å². The second kappa shape index (κ2) is 6.00. The first-order valence-corrected chi connectivity index (χ1v) is 6.82. The third kappa shape index (κ3) is 2.56. The molecule has 2 aromatic heterocycles. The van der Waals surface area contributed by atoms with Gasteiger partial charge in [0.1, 0.15) is 11.1 Å². The fourth-order valence-electron chi connectivity index (χ4n) is 2.40. The summed E-state index contributed by atoms with van der Waals surface area (Å²) in [6.07, 6.45) is 0.301. The Balaban J connectivity index is 2.65. The van der Waals surface area contributed by atoms with Crippen LogP contribution in [0.15, 0.2) is 17.1 Å². The number of carbonyl (C=O) groups is 1. The van der Waals surface area contributed by atoms with E-state index in [0.29, 0.717) is 6.20 Å². The molecule has 12 heteroatoms. The Morgan fingerprint density at radius 2 is 1.59 bits per heavy atom. The van der Waals surface area contributed by atoms with Gasteiger partial charge >= 0.3 is 5.97 Å². The zero-order chi connectivity index (χ0) is 20.2. The van der Waals surface area contributed by atoms with Gasteiger partial charge in [0.05, 0.1) is 5.39 Å². The van der Waals surface area contributed by atoms with Crippen LogP contribution in [-0.2, 0) is 0 Å². The molecule has 0 atom stereocenters. The molecule has 0 radical (unpaired) electrons. The number of fused-ring (bicyclic) bond motifs is 1. The van der Waals surface area contributed by atoms with Gasteiger partial charge < -0.3 is 10.8 Å². The number of hydrogen-bond donors (Lipinski definition) is 2. The van der Waals surface area contributed by atoms with Gasteiger partial charge in [0.15, 0.2) is 46.5 Å². The normalized spacial score (nSPS) is 11.2. The van der Waals surface area contributed by atoms with Crippen LogP contribution in [0.25, 0.3) is 16.7 Å². The summed E-state index contributed by atoms with van der Waals surface area (Å²) in [5, 5.41) is 7.55. The van der Waals surface area contributed by atoms with Crippen molar-refractivity contribution in [2.24, 2.45) is 0 Å². The van der Waals surface area contributed by atoms with E-state index in [1.54, 1.807) is 0 Å². The standard InChI is InChI=1S/C15H5F6N3O3/c16-4-1-5(17)14(23-13(4)22)24-2-3(15(26)27)12(25)6-7(18)8(19)9(20)10(21)11(6)24/h1-2H,(H2,22,23)(H,26,27). The maximum atomic E-state index is 14.3. The van der Waals surface area contributed by atoms with Crippen molar-refractivity contribution in [3.63, 3.8) is 0 Å². The molecule has 27 heavy (non-hydrogen) atoms. The van der Waals surface area contributed by atoms with Crippen molar-refractivity contribution in [2.45, 2.75) is 0 Å². The van der Waals surface area contributed by atoms with Crippen molar-refractivity contribution in [3.8, 4) is 5.82 Å². The van der Waals surface area contributed by atoms with E-state index in [-0.39, 0.29) is 10.6 Å². The third-order valence-electron chi connectivity index (χ3n) is 3.61. The predicted molar refractivity (Wildman–Crippen MR) is 78.5 cm³/mol. The van der Waals surface area contributed by atoms with E-state index in [2.05, 4.69) is 4.98 Å². The van der Waals surface area contributed by atoms with Crippen LogP contribution in [0, 0.1) is 34.9 Å². The number of aromatic carboxylic acids is 1. The van der Waals surface area contributed by atoms with E-state index in [9.17, 15) is 35.9 Å². The van der Waals surface area contributed by atoms with Gasteiger partial charge in [-0.3, -0.25) is 9.36 Å². The molecule has 6 nitrogen and oxygen atoms in total. The molecule has 3 aromatic rings. The van der Waals surface area contributed by atoms with Gasteiger partial charge in [-0.1, -0.05) is 0 Å². The monoisotopic (exact) mass is 389 g/mol. The van der Waals surface area contributed by atoms with E-state index in [0.717, 1.165) is 0 Å². The van der Waals surface area contributed by atoms with Crippen LogP contribution in [0.1, 0.15) is 10.4 Å². The van der Waals surface area contributed by atoms with Crippen LogP contribution in [0.3, 0.4) is 0 Å². The molecular formula is C15H5F6N3O3. The van der Waals surface area contributed by atoms with Crippen molar-refractivity contribution >= 4 is 22.7 Å². The van der Waals surface area contributed by atoms with Gasteiger partial charge in [0.2, 0.25) is 5.43 Å². The van der Waals surface area contributed by atoms with Crippen molar-refractivity contribution in [3.05, 3.63) is 63.0 Å². The Labute approximate surface area is 144 Å². The molecule has 3 rings (SSSR count). The topological polar surface area (TPSA) is 98.2 Å². The molecule has 0 aliphatic rings. The van der Waals surface area contributed by atoms with E-state index in [1.807, 2.05) is 0 Å². The van der Waals surface area contributed by atoms with Crippen molar-refractivity contribution < 1.29 is 36.2 Å². The largest absolute Gasteiger partial charge is 0.477 e.